The molecule has 0 bridgehead atoms. The molecular formula is C24H13Cl2F2N5O3S2. The van der Waals surface area contributed by atoms with Crippen LogP contribution in [0, 0.1) is 11.6 Å². The molecule has 0 saturated carbocycles. The van der Waals surface area contributed by atoms with E-state index in [1.165, 1.54) is 30.0 Å². The molecule has 14 heteroatoms. The maximum absolute atomic E-state index is 15.0. The third-order valence-corrected chi connectivity index (χ3v) is 7.90. The Morgan fingerprint density at radius 2 is 1.66 bits per heavy atom. The maximum Gasteiger partial charge on any atom is 0.266 e. The van der Waals surface area contributed by atoms with Gasteiger partial charge in [0.1, 0.15) is 33.5 Å². The summed E-state index contributed by atoms with van der Waals surface area (Å²) in [5.41, 5.74) is 2.92. The fraction of sp³-hybridized carbons (Fsp3) is 0. The van der Waals surface area contributed by atoms with E-state index in [1.807, 2.05) is 0 Å². The van der Waals surface area contributed by atoms with Crippen LogP contribution in [-0.2, 0) is 10.0 Å². The number of halogens is 4. The first-order valence-electron chi connectivity index (χ1n) is 10.5. The minimum Gasteiger partial charge on any atom is -0.455 e. The summed E-state index contributed by atoms with van der Waals surface area (Å²) in [6.07, 6.45) is 2.91. The monoisotopic (exact) mass is 591 g/mol. The van der Waals surface area contributed by atoms with Crippen molar-refractivity contribution in [1.82, 2.24) is 20.4 Å². The van der Waals surface area contributed by atoms with Crippen molar-refractivity contribution >= 4 is 49.7 Å². The molecule has 0 aliphatic rings. The lowest BCUT2D eigenvalue weighted by molar-refractivity contribution is 0.475. The van der Waals surface area contributed by atoms with Gasteiger partial charge >= 0.3 is 0 Å². The van der Waals surface area contributed by atoms with Crippen molar-refractivity contribution in [1.29, 1.82) is 0 Å². The van der Waals surface area contributed by atoms with Crippen molar-refractivity contribution in [3.8, 4) is 33.8 Å². The van der Waals surface area contributed by atoms with Crippen molar-refractivity contribution in [3.05, 3.63) is 94.2 Å². The van der Waals surface area contributed by atoms with Crippen LogP contribution in [0.3, 0.4) is 0 Å². The second-order valence-electron chi connectivity index (χ2n) is 7.60. The topological polar surface area (TPSA) is 107 Å². The maximum atomic E-state index is 15.0. The van der Waals surface area contributed by atoms with Gasteiger partial charge in [-0.15, -0.1) is 10.2 Å². The first-order valence-corrected chi connectivity index (χ1v) is 13.7. The molecule has 2 heterocycles. The SMILES string of the molecule is O=S(=O)(Nc1nncs1)c1cc(Cl)c(Oc2cc(Cl)c(-c3ccccc3F)cc2-c2ccnnc2)cc1F. The van der Waals surface area contributed by atoms with Crippen LogP contribution in [0.4, 0.5) is 13.9 Å². The number of nitrogens with one attached hydrogen (secondary N) is 1. The molecule has 1 N–H and O–H groups in total. The molecule has 0 spiro atoms. The summed E-state index contributed by atoms with van der Waals surface area (Å²) >= 11 is 13.7. The second kappa shape index (κ2) is 10.6. The van der Waals surface area contributed by atoms with Gasteiger partial charge in [-0.2, -0.15) is 10.2 Å². The average Bonchev–Trinajstić information content (AvgIpc) is 3.39. The third kappa shape index (κ3) is 5.29. The molecule has 0 aliphatic heterocycles. The van der Waals surface area contributed by atoms with Gasteiger partial charge in [-0.05, 0) is 24.3 Å². The van der Waals surface area contributed by atoms with Gasteiger partial charge in [0.2, 0.25) is 5.13 Å². The van der Waals surface area contributed by atoms with E-state index in [9.17, 15) is 12.8 Å². The smallest absolute Gasteiger partial charge is 0.266 e. The number of benzene rings is 3. The number of ether oxygens (including phenoxy) is 1. The molecular weight excluding hydrogens is 579 g/mol. The van der Waals surface area contributed by atoms with E-state index in [0.717, 1.165) is 23.5 Å². The quantitative estimate of drug-likeness (QED) is 0.221. The number of aromatic nitrogens is 4. The van der Waals surface area contributed by atoms with Gasteiger partial charge in [-0.25, -0.2) is 17.2 Å². The van der Waals surface area contributed by atoms with Crippen LogP contribution in [-0.4, -0.2) is 28.8 Å². The minimum atomic E-state index is -4.35. The fourth-order valence-electron chi connectivity index (χ4n) is 3.50. The number of hydrogen-bond acceptors (Lipinski definition) is 8. The lowest BCUT2D eigenvalue weighted by Crippen LogP contribution is -2.14. The Labute approximate surface area is 228 Å². The Morgan fingerprint density at radius 3 is 2.37 bits per heavy atom. The van der Waals surface area contributed by atoms with E-state index < -0.39 is 26.6 Å². The summed E-state index contributed by atoms with van der Waals surface area (Å²) in [5.74, 6) is -1.66. The molecule has 0 unspecified atom stereocenters. The standard InChI is InChI=1S/C24H13Cl2F2N5O3S2/c25-17-8-21(15(13-5-6-29-30-11-13)7-16(17)14-3-1-2-4-19(14)27)36-22-10-20(28)23(9-18(22)26)38(34,35)33-24-32-31-12-37-24/h1-12H,(H,32,33). The molecule has 0 aliphatic carbocycles. The highest BCUT2D eigenvalue weighted by atomic mass is 35.5. The lowest BCUT2D eigenvalue weighted by Gasteiger charge is -2.16. The molecule has 38 heavy (non-hydrogen) atoms. The zero-order valence-corrected chi connectivity index (χ0v) is 21.9. The second-order valence-corrected chi connectivity index (χ2v) is 10.9. The molecule has 0 amide bonds. The number of rotatable bonds is 7. The van der Waals surface area contributed by atoms with Gasteiger partial charge in [-0.1, -0.05) is 52.7 Å². The Balaban J connectivity index is 1.57. The summed E-state index contributed by atoms with van der Waals surface area (Å²) in [4.78, 5) is -0.712. The summed E-state index contributed by atoms with van der Waals surface area (Å²) in [5, 5.41) is 14.7. The molecule has 0 fully saturated rings. The van der Waals surface area contributed by atoms with E-state index in [4.69, 9.17) is 27.9 Å². The normalized spacial score (nSPS) is 11.4. The van der Waals surface area contributed by atoms with E-state index in [0.29, 0.717) is 16.7 Å². The predicted octanol–water partition coefficient (Wildman–Crippen LogP) is 6.84. The summed E-state index contributed by atoms with van der Waals surface area (Å²) < 4.78 is 62.9. The Morgan fingerprint density at radius 1 is 0.842 bits per heavy atom. The Hall–Kier alpha value is -3.71. The zero-order chi connectivity index (χ0) is 26.9. The van der Waals surface area contributed by atoms with Crippen molar-refractivity contribution < 1.29 is 21.9 Å². The van der Waals surface area contributed by atoms with Gasteiger partial charge in [0.15, 0.2) is 0 Å². The van der Waals surface area contributed by atoms with Gasteiger partial charge in [0.05, 0.1) is 22.4 Å². The first-order chi connectivity index (χ1) is 18.2. The molecule has 3 aromatic carbocycles. The zero-order valence-electron chi connectivity index (χ0n) is 18.8. The predicted molar refractivity (Wildman–Crippen MR) is 140 cm³/mol. The molecule has 0 saturated heterocycles. The number of hydrogen-bond donors (Lipinski definition) is 1. The van der Waals surface area contributed by atoms with Crippen molar-refractivity contribution in [3.63, 3.8) is 0 Å². The van der Waals surface area contributed by atoms with E-state index in [-0.39, 0.29) is 32.2 Å². The van der Waals surface area contributed by atoms with Crippen molar-refractivity contribution in [2.45, 2.75) is 4.90 Å². The lowest BCUT2D eigenvalue weighted by atomic mass is 9.98. The molecule has 5 rings (SSSR count). The fourth-order valence-corrected chi connectivity index (χ4v) is 5.80. The minimum absolute atomic E-state index is 0.0407. The highest BCUT2D eigenvalue weighted by molar-refractivity contribution is 7.93. The first kappa shape index (κ1) is 25.9. The largest absolute Gasteiger partial charge is 0.455 e. The van der Waals surface area contributed by atoms with Crippen LogP contribution in [0.1, 0.15) is 0 Å². The third-order valence-electron chi connectivity index (χ3n) is 5.21. The van der Waals surface area contributed by atoms with Gasteiger partial charge < -0.3 is 4.74 Å². The molecule has 5 aromatic rings. The highest BCUT2D eigenvalue weighted by Crippen LogP contribution is 2.43. The molecule has 2 aromatic heterocycles. The van der Waals surface area contributed by atoms with Crippen LogP contribution in [0.2, 0.25) is 10.0 Å². The van der Waals surface area contributed by atoms with E-state index >= 15 is 4.39 Å². The van der Waals surface area contributed by atoms with Gasteiger partial charge in [-0.3, -0.25) is 4.72 Å². The number of nitrogens with zero attached hydrogens (tertiary/aromatic N) is 4. The van der Waals surface area contributed by atoms with Crippen LogP contribution >= 0.6 is 34.5 Å². The van der Waals surface area contributed by atoms with Gasteiger partial charge in [0.25, 0.3) is 10.0 Å². The van der Waals surface area contributed by atoms with Crippen LogP contribution in [0.25, 0.3) is 22.3 Å². The molecule has 0 radical (unpaired) electrons. The summed E-state index contributed by atoms with van der Waals surface area (Å²) in [6, 6.07) is 12.5. The average molecular weight is 592 g/mol. The summed E-state index contributed by atoms with van der Waals surface area (Å²) in [7, 11) is -4.35. The van der Waals surface area contributed by atoms with Crippen LogP contribution in [0.15, 0.2) is 77.4 Å². The highest BCUT2D eigenvalue weighted by Gasteiger charge is 2.24. The van der Waals surface area contributed by atoms with Crippen molar-refractivity contribution in [2.24, 2.45) is 0 Å². The van der Waals surface area contributed by atoms with Gasteiger partial charge in [0, 0.05) is 34.4 Å². The summed E-state index contributed by atoms with van der Waals surface area (Å²) in [6.45, 7) is 0. The molecule has 8 nitrogen and oxygen atoms in total. The van der Waals surface area contributed by atoms with Crippen molar-refractivity contribution in [2.75, 3.05) is 4.72 Å². The van der Waals surface area contributed by atoms with Crippen LogP contribution in [0.5, 0.6) is 11.5 Å². The number of anilines is 1. The number of sulfonamides is 1. The van der Waals surface area contributed by atoms with E-state index in [2.05, 4.69) is 25.1 Å². The van der Waals surface area contributed by atoms with E-state index in [1.54, 1.807) is 30.3 Å². The Kier molecular flexibility index (Phi) is 7.21. The Bertz CT molecular complexity index is 1740. The molecule has 192 valence electrons. The molecule has 0 atom stereocenters. The van der Waals surface area contributed by atoms with Crippen LogP contribution < -0.4 is 9.46 Å².